The van der Waals surface area contributed by atoms with Crippen molar-refractivity contribution in [3.63, 3.8) is 0 Å². The van der Waals surface area contributed by atoms with Gasteiger partial charge in [0, 0.05) is 17.2 Å². The molecule has 88 valence electrons. The second-order valence-corrected chi connectivity index (χ2v) is 4.40. The summed E-state index contributed by atoms with van der Waals surface area (Å²) in [4.78, 5) is 14.5. The third-order valence-corrected chi connectivity index (χ3v) is 3.15. The van der Waals surface area contributed by atoms with Crippen molar-refractivity contribution in [2.45, 2.75) is 6.54 Å². The van der Waals surface area contributed by atoms with Crippen LogP contribution in [0.1, 0.15) is 16.1 Å². The number of methoxy groups -OCH3 is 1. The van der Waals surface area contributed by atoms with E-state index in [9.17, 15) is 4.79 Å². The Bertz CT molecular complexity index is 537. The monoisotopic (exact) mass is 294 g/mol. The van der Waals surface area contributed by atoms with E-state index >= 15 is 0 Å². The lowest BCUT2D eigenvalue weighted by Crippen LogP contribution is -1.98. The first-order valence-electron chi connectivity index (χ1n) is 5.02. The van der Waals surface area contributed by atoms with Gasteiger partial charge in [0.05, 0.1) is 13.4 Å². The van der Waals surface area contributed by atoms with Crippen LogP contribution in [0.15, 0.2) is 35.2 Å². The van der Waals surface area contributed by atoms with E-state index in [1.807, 2.05) is 22.8 Å². The van der Waals surface area contributed by atoms with E-state index in [-0.39, 0.29) is 0 Å². The highest BCUT2D eigenvalue weighted by atomic mass is 79.9. The van der Waals surface area contributed by atoms with Gasteiger partial charge in [0.2, 0.25) is 0 Å². The van der Waals surface area contributed by atoms with Gasteiger partial charge in [0.1, 0.15) is 11.4 Å². The maximum absolute atomic E-state index is 10.5. The minimum Gasteiger partial charge on any atom is -0.497 e. The van der Waals surface area contributed by atoms with Crippen LogP contribution in [0, 0.1) is 0 Å². The van der Waals surface area contributed by atoms with E-state index in [2.05, 4.69) is 20.9 Å². The summed E-state index contributed by atoms with van der Waals surface area (Å²) < 4.78 is 8.02. The predicted octanol–water partition coefficient (Wildman–Crippen LogP) is 2.52. The SMILES string of the molecule is COc1ccc(Br)c(Cn2cnc(C=O)c2)c1. The van der Waals surface area contributed by atoms with Crippen LogP contribution in [-0.2, 0) is 6.54 Å². The molecule has 4 nitrogen and oxygen atoms in total. The minimum atomic E-state index is 0.434. The Kier molecular flexibility index (Phi) is 3.58. The third kappa shape index (κ3) is 2.74. The number of imidazole rings is 1. The fourth-order valence-corrected chi connectivity index (χ4v) is 1.89. The highest BCUT2D eigenvalue weighted by Crippen LogP contribution is 2.23. The fourth-order valence-electron chi connectivity index (χ4n) is 1.52. The van der Waals surface area contributed by atoms with Crippen molar-refractivity contribution in [2.75, 3.05) is 7.11 Å². The molecule has 1 aromatic heterocycles. The molecule has 0 aliphatic heterocycles. The van der Waals surface area contributed by atoms with Gasteiger partial charge in [-0.2, -0.15) is 0 Å². The topological polar surface area (TPSA) is 44.1 Å². The number of benzene rings is 1. The number of ether oxygens (including phenoxy) is 1. The molecule has 0 radical (unpaired) electrons. The van der Waals surface area contributed by atoms with Crippen LogP contribution in [-0.4, -0.2) is 22.9 Å². The third-order valence-electron chi connectivity index (χ3n) is 2.38. The number of carbonyl (C=O) groups excluding carboxylic acids is 1. The van der Waals surface area contributed by atoms with E-state index in [1.54, 1.807) is 19.6 Å². The van der Waals surface area contributed by atoms with Gasteiger partial charge in [0.25, 0.3) is 0 Å². The second kappa shape index (κ2) is 5.14. The van der Waals surface area contributed by atoms with E-state index in [0.717, 1.165) is 22.1 Å². The molecule has 0 atom stereocenters. The molecule has 0 unspecified atom stereocenters. The number of nitrogens with zero attached hydrogens (tertiary/aromatic N) is 2. The maximum Gasteiger partial charge on any atom is 0.169 e. The lowest BCUT2D eigenvalue weighted by molar-refractivity contribution is 0.111. The van der Waals surface area contributed by atoms with Crippen molar-refractivity contribution in [2.24, 2.45) is 0 Å². The average Bonchev–Trinajstić information content (AvgIpc) is 2.80. The van der Waals surface area contributed by atoms with Gasteiger partial charge in [-0.3, -0.25) is 4.79 Å². The molecule has 1 heterocycles. The summed E-state index contributed by atoms with van der Waals surface area (Å²) >= 11 is 3.48. The lowest BCUT2D eigenvalue weighted by atomic mass is 10.2. The molecule has 0 aliphatic carbocycles. The number of aromatic nitrogens is 2. The Hall–Kier alpha value is -1.62. The van der Waals surface area contributed by atoms with Gasteiger partial charge >= 0.3 is 0 Å². The van der Waals surface area contributed by atoms with Crippen molar-refractivity contribution in [1.82, 2.24) is 9.55 Å². The van der Waals surface area contributed by atoms with E-state index in [1.165, 1.54) is 0 Å². The molecule has 17 heavy (non-hydrogen) atoms. The van der Waals surface area contributed by atoms with Crippen LogP contribution in [0.25, 0.3) is 0 Å². The van der Waals surface area contributed by atoms with Gasteiger partial charge in [-0.25, -0.2) is 4.98 Å². The van der Waals surface area contributed by atoms with Crippen LogP contribution in [0.2, 0.25) is 0 Å². The smallest absolute Gasteiger partial charge is 0.169 e. The Balaban J connectivity index is 2.25. The zero-order valence-corrected chi connectivity index (χ0v) is 10.8. The van der Waals surface area contributed by atoms with Gasteiger partial charge in [0.15, 0.2) is 6.29 Å². The van der Waals surface area contributed by atoms with Crippen molar-refractivity contribution >= 4 is 22.2 Å². The van der Waals surface area contributed by atoms with Gasteiger partial charge in [-0.15, -0.1) is 0 Å². The highest BCUT2D eigenvalue weighted by Gasteiger charge is 2.04. The van der Waals surface area contributed by atoms with Crippen molar-refractivity contribution in [1.29, 1.82) is 0 Å². The fraction of sp³-hybridized carbons (Fsp3) is 0.167. The van der Waals surface area contributed by atoms with E-state index in [4.69, 9.17) is 4.74 Å². The Labute approximate surface area is 107 Å². The molecule has 2 aromatic rings. The van der Waals surface area contributed by atoms with Crippen molar-refractivity contribution < 1.29 is 9.53 Å². The first-order valence-corrected chi connectivity index (χ1v) is 5.81. The summed E-state index contributed by atoms with van der Waals surface area (Å²) in [6.07, 6.45) is 4.08. The first-order chi connectivity index (χ1) is 8.22. The molecule has 2 rings (SSSR count). The molecule has 0 spiro atoms. The molecule has 0 aliphatic rings. The summed E-state index contributed by atoms with van der Waals surface area (Å²) in [5.41, 5.74) is 1.50. The summed E-state index contributed by atoms with van der Waals surface area (Å²) in [5, 5.41) is 0. The van der Waals surface area contributed by atoms with E-state index in [0.29, 0.717) is 12.2 Å². The lowest BCUT2D eigenvalue weighted by Gasteiger charge is -2.07. The average molecular weight is 295 g/mol. The molecular formula is C12H11BrN2O2. The number of carbonyl (C=O) groups is 1. The van der Waals surface area contributed by atoms with Crippen molar-refractivity contribution in [3.05, 3.63) is 46.5 Å². The van der Waals surface area contributed by atoms with Crippen LogP contribution in [0.5, 0.6) is 5.75 Å². The zero-order valence-electron chi connectivity index (χ0n) is 9.26. The second-order valence-electron chi connectivity index (χ2n) is 3.55. The zero-order chi connectivity index (χ0) is 12.3. The predicted molar refractivity (Wildman–Crippen MR) is 67.4 cm³/mol. The molecule has 0 saturated carbocycles. The Morgan fingerprint density at radius 3 is 3.00 bits per heavy atom. The quantitative estimate of drug-likeness (QED) is 0.814. The van der Waals surface area contributed by atoms with Crippen LogP contribution < -0.4 is 4.74 Å². The summed E-state index contributed by atoms with van der Waals surface area (Å²) in [6, 6.07) is 5.77. The summed E-state index contributed by atoms with van der Waals surface area (Å²) in [6.45, 7) is 0.638. The number of aldehydes is 1. The molecule has 5 heteroatoms. The number of rotatable bonds is 4. The molecule has 1 aromatic carbocycles. The van der Waals surface area contributed by atoms with E-state index < -0.39 is 0 Å². The first kappa shape index (κ1) is 11.9. The van der Waals surface area contributed by atoms with Gasteiger partial charge in [-0.05, 0) is 23.8 Å². The largest absolute Gasteiger partial charge is 0.497 e. The normalized spacial score (nSPS) is 10.2. The molecular weight excluding hydrogens is 284 g/mol. The van der Waals surface area contributed by atoms with Crippen LogP contribution >= 0.6 is 15.9 Å². The van der Waals surface area contributed by atoms with Gasteiger partial charge < -0.3 is 9.30 Å². The Morgan fingerprint density at radius 2 is 2.35 bits per heavy atom. The molecule has 0 fully saturated rings. The number of hydrogen-bond acceptors (Lipinski definition) is 3. The minimum absolute atomic E-state index is 0.434. The summed E-state index contributed by atoms with van der Waals surface area (Å²) in [7, 11) is 1.63. The van der Waals surface area contributed by atoms with Gasteiger partial charge in [-0.1, -0.05) is 15.9 Å². The molecule has 0 bridgehead atoms. The number of hydrogen-bond donors (Lipinski definition) is 0. The molecule has 0 amide bonds. The standard InChI is InChI=1S/C12H11BrN2O2/c1-17-11-2-3-12(13)9(4-11)5-15-6-10(7-16)14-8-15/h2-4,6-8H,5H2,1H3. The van der Waals surface area contributed by atoms with Crippen molar-refractivity contribution in [3.8, 4) is 5.75 Å². The van der Waals surface area contributed by atoms with Crippen LogP contribution in [0.4, 0.5) is 0 Å². The highest BCUT2D eigenvalue weighted by molar-refractivity contribution is 9.10. The molecule has 0 N–H and O–H groups in total. The molecule has 0 saturated heterocycles. The maximum atomic E-state index is 10.5. The number of halogens is 1. The Morgan fingerprint density at radius 1 is 1.53 bits per heavy atom. The summed E-state index contributed by atoms with van der Waals surface area (Å²) in [5.74, 6) is 0.805. The van der Waals surface area contributed by atoms with Crippen LogP contribution in [0.3, 0.4) is 0 Å².